The van der Waals surface area contributed by atoms with Crippen LogP contribution in [0.3, 0.4) is 0 Å². The molecule has 0 radical (unpaired) electrons. The van der Waals surface area contributed by atoms with Crippen molar-refractivity contribution in [2.24, 2.45) is 0 Å². The summed E-state index contributed by atoms with van der Waals surface area (Å²) in [6.45, 7) is 0.635. The standard InChI is InChI=1S/C29H28N6O3/c36-28(13-12-20-8-4-6-15-30-20)31-27-18-22(32-33-27)23-11-5-7-16-34(23)29(37)25-19-26-24(14-17-38-26)35(25)21-9-2-1-3-10-21/h1-4,6,8-10,14-15,17-19,23H,5,7,11-13,16H2,(H2,31,32,33,36). The van der Waals surface area contributed by atoms with Crippen LogP contribution in [0.25, 0.3) is 16.8 Å². The molecule has 0 spiro atoms. The number of nitrogens with one attached hydrogen (secondary N) is 2. The number of hydrogen-bond donors (Lipinski definition) is 2. The summed E-state index contributed by atoms with van der Waals surface area (Å²) in [5.41, 5.74) is 4.65. The average Bonchev–Trinajstić information content (AvgIpc) is 3.69. The fraction of sp³-hybridized carbons (Fsp3) is 0.241. The Morgan fingerprint density at radius 1 is 1.05 bits per heavy atom. The van der Waals surface area contributed by atoms with E-state index in [9.17, 15) is 9.59 Å². The van der Waals surface area contributed by atoms with Gasteiger partial charge in [0.05, 0.1) is 23.5 Å². The summed E-state index contributed by atoms with van der Waals surface area (Å²) in [7, 11) is 0. The molecule has 1 atom stereocenters. The molecule has 1 saturated heterocycles. The van der Waals surface area contributed by atoms with E-state index in [2.05, 4.69) is 20.5 Å². The van der Waals surface area contributed by atoms with Crippen LogP contribution in [0, 0.1) is 0 Å². The number of hydrogen-bond acceptors (Lipinski definition) is 5. The molecular formula is C29H28N6O3. The summed E-state index contributed by atoms with van der Waals surface area (Å²) in [5.74, 6) is 0.253. The number of aryl methyl sites for hydroxylation is 1. The highest BCUT2D eigenvalue weighted by Crippen LogP contribution is 2.34. The number of amides is 2. The number of anilines is 1. The number of likely N-dealkylation sites (tertiary alicyclic amines) is 1. The minimum absolute atomic E-state index is 0.0690. The van der Waals surface area contributed by atoms with Gasteiger partial charge in [0, 0.05) is 48.7 Å². The Hall–Kier alpha value is -4.66. The van der Waals surface area contributed by atoms with E-state index in [1.165, 1.54) is 0 Å². The Morgan fingerprint density at radius 3 is 2.76 bits per heavy atom. The van der Waals surface area contributed by atoms with Gasteiger partial charge in [-0.25, -0.2) is 0 Å². The summed E-state index contributed by atoms with van der Waals surface area (Å²) in [6, 6.07) is 20.8. The first-order valence-corrected chi connectivity index (χ1v) is 12.9. The second-order valence-corrected chi connectivity index (χ2v) is 9.46. The first kappa shape index (κ1) is 23.7. The highest BCUT2D eigenvalue weighted by atomic mass is 16.3. The molecule has 9 nitrogen and oxygen atoms in total. The number of aromatic nitrogens is 4. The van der Waals surface area contributed by atoms with Crippen LogP contribution in [0.1, 0.15) is 53.6 Å². The van der Waals surface area contributed by atoms with E-state index in [1.807, 2.05) is 76.2 Å². The average molecular weight is 509 g/mol. The Labute approximate surface area is 219 Å². The molecule has 0 saturated carbocycles. The van der Waals surface area contributed by atoms with E-state index < -0.39 is 0 Å². The third kappa shape index (κ3) is 4.70. The number of pyridine rings is 1. The van der Waals surface area contributed by atoms with Gasteiger partial charge in [0.25, 0.3) is 5.91 Å². The van der Waals surface area contributed by atoms with Crippen molar-refractivity contribution >= 4 is 28.7 Å². The third-order valence-corrected chi connectivity index (χ3v) is 6.98. The minimum atomic E-state index is -0.173. The van der Waals surface area contributed by atoms with Gasteiger partial charge in [-0.1, -0.05) is 24.3 Å². The molecule has 38 heavy (non-hydrogen) atoms. The molecule has 9 heteroatoms. The molecule has 4 aromatic heterocycles. The normalized spacial score (nSPS) is 15.6. The van der Waals surface area contributed by atoms with Gasteiger partial charge in [-0.05, 0) is 49.9 Å². The fourth-order valence-corrected chi connectivity index (χ4v) is 5.15. The maximum atomic E-state index is 14.0. The van der Waals surface area contributed by atoms with Crippen LogP contribution in [0.15, 0.2) is 83.6 Å². The van der Waals surface area contributed by atoms with Crippen molar-refractivity contribution in [1.82, 2.24) is 24.6 Å². The second kappa shape index (κ2) is 10.4. The Kier molecular flexibility index (Phi) is 6.47. The van der Waals surface area contributed by atoms with Gasteiger partial charge in [0.15, 0.2) is 11.4 Å². The number of furan rings is 1. The van der Waals surface area contributed by atoms with Crippen LogP contribution >= 0.6 is 0 Å². The SMILES string of the molecule is O=C(CCc1ccccn1)Nc1cc(C2CCCCN2C(=O)c2cc3occc3n2-c2ccccc2)[nH]n1. The van der Waals surface area contributed by atoms with E-state index in [-0.39, 0.29) is 17.9 Å². The summed E-state index contributed by atoms with van der Waals surface area (Å²) in [5, 5.41) is 10.2. The number of rotatable bonds is 7. The number of carbonyl (C=O) groups excluding carboxylic acids is 2. The number of fused-ring (bicyclic) bond motifs is 1. The first-order chi connectivity index (χ1) is 18.7. The summed E-state index contributed by atoms with van der Waals surface area (Å²) in [4.78, 5) is 32.7. The van der Waals surface area contributed by atoms with Crippen molar-refractivity contribution < 1.29 is 14.0 Å². The highest BCUT2D eigenvalue weighted by molar-refractivity contribution is 5.99. The van der Waals surface area contributed by atoms with Crippen molar-refractivity contribution in [3.63, 3.8) is 0 Å². The van der Waals surface area contributed by atoms with Crippen molar-refractivity contribution in [2.45, 2.75) is 38.1 Å². The molecule has 0 aliphatic carbocycles. The monoisotopic (exact) mass is 508 g/mol. The lowest BCUT2D eigenvalue weighted by Crippen LogP contribution is -2.39. The molecule has 6 rings (SSSR count). The zero-order valence-corrected chi connectivity index (χ0v) is 20.8. The predicted molar refractivity (Wildman–Crippen MR) is 143 cm³/mol. The molecule has 1 unspecified atom stereocenters. The van der Waals surface area contributed by atoms with Crippen LogP contribution in [0.5, 0.6) is 0 Å². The van der Waals surface area contributed by atoms with E-state index in [0.717, 1.165) is 41.9 Å². The van der Waals surface area contributed by atoms with Gasteiger partial charge in [-0.15, -0.1) is 0 Å². The lowest BCUT2D eigenvalue weighted by molar-refractivity contribution is -0.116. The van der Waals surface area contributed by atoms with Gasteiger partial charge >= 0.3 is 0 Å². The van der Waals surface area contributed by atoms with Gasteiger partial charge < -0.3 is 19.2 Å². The van der Waals surface area contributed by atoms with E-state index in [1.54, 1.807) is 12.5 Å². The number of piperidine rings is 1. The predicted octanol–water partition coefficient (Wildman–Crippen LogP) is 5.28. The Bertz CT molecular complexity index is 1550. The maximum absolute atomic E-state index is 14.0. The van der Waals surface area contributed by atoms with Gasteiger partial charge in [-0.2, -0.15) is 5.10 Å². The Morgan fingerprint density at radius 2 is 1.92 bits per heavy atom. The maximum Gasteiger partial charge on any atom is 0.271 e. The third-order valence-electron chi connectivity index (χ3n) is 6.98. The molecule has 1 aliphatic rings. The fourth-order valence-electron chi connectivity index (χ4n) is 5.15. The van der Waals surface area contributed by atoms with Crippen LogP contribution in [0.4, 0.5) is 5.82 Å². The quantitative estimate of drug-likeness (QED) is 0.311. The number of H-pyrrole nitrogens is 1. The number of benzene rings is 1. The van der Waals surface area contributed by atoms with Crippen molar-refractivity contribution in [1.29, 1.82) is 0 Å². The highest BCUT2D eigenvalue weighted by Gasteiger charge is 2.32. The van der Waals surface area contributed by atoms with Crippen LogP contribution in [-0.2, 0) is 11.2 Å². The van der Waals surface area contributed by atoms with Crippen LogP contribution in [0.2, 0.25) is 0 Å². The van der Waals surface area contributed by atoms with Crippen molar-refractivity contribution in [2.75, 3.05) is 11.9 Å². The van der Waals surface area contributed by atoms with Crippen LogP contribution in [-0.4, -0.2) is 43.0 Å². The summed E-state index contributed by atoms with van der Waals surface area (Å²) in [6.07, 6.45) is 6.96. The number of carbonyl (C=O) groups is 2. The van der Waals surface area contributed by atoms with E-state index in [4.69, 9.17) is 4.42 Å². The van der Waals surface area contributed by atoms with Crippen molar-refractivity contribution in [3.05, 3.63) is 96.3 Å². The smallest absolute Gasteiger partial charge is 0.271 e. The van der Waals surface area contributed by atoms with Gasteiger partial charge in [0.2, 0.25) is 5.91 Å². The number of nitrogens with zero attached hydrogens (tertiary/aromatic N) is 4. The molecule has 2 amide bonds. The molecule has 5 aromatic rings. The molecule has 1 aliphatic heterocycles. The minimum Gasteiger partial charge on any atom is -0.463 e. The summed E-state index contributed by atoms with van der Waals surface area (Å²) >= 11 is 0. The summed E-state index contributed by atoms with van der Waals surface area (Å²) < 4.78 is 7.60. The molecule has 2 N–H and O–H groups in total. The van der Waals surface area contributed by atoms with Gasteiger partial charge in [0.1, 0.15) is 5.69 Å². The van der Waals surface area contributed by atoms with E-state index >= 15 is 0 Å². The second-order valence-electron chi connectivity index (χ2n) is 9.46. The largest absolute Gasteiger partial charge is 0.463 e. The van der Waals surface area contributed by atoms with Crippen molar-refractivity contribution in [3.8, 4) is 5.69 Å². The van der Waals surface area contributed by atoms with E-state index in [0.29, 0.717) is 36.5 Å². The Balaban J connectivity index is 1.21. The first-order valence-electron chi connectivity index (χ1n) is 12.9. The molecule has 0 bridgehead atoms. The zero-order chi connectivity index (χ0) is 25.9. The molecule has 192 valence electrons. The zero-order valence-electron chi connectivity index (χ0n) is 20.8. The van der Waals surface area contributed by atoms with Gasteiger partial charge in [-0.3, -0.25) is 19.7 Å². The molecular weight excluding hydrogens is 480 g/mol. The molecule has 1 fully saturated rings. The topological polar surface area (TPSA) is 109 Å². The van der Waals surface area contributed by atoms with Crippen LogP contribution < -0.4 is 5.32 Å². The lowest BCUT2D eigenvalue weighted by atomic mass is 9.99. The molecule has 1 aromatic carbocycles. The molecule has 5 heterocycles. The lowest BCUT2D eigenvalue weighted by Gasteiger charge is -2.35. The number of para-hydroxylation sites is 1. The number of aromatic amines is 1.